The van der Waals surface area contributed by atoms with Crippen molar-refractivity contribution in [3.05, 3.63) is 89.3 Å². The average molecular weight is 409 g/mol. The number of nitrogens with zero attached hydrogens (tertiary/aromatic N) is 2. The highest BCUT2D eigenvalue weighted by Gasteiger charge is 2.16. The predicted molar refractivity (Wildman–Crippen MR) is 127 cm³/mol. The summed E-state index contributed by atoms with van der Waals surface area (Å²) >= 11 is 0. The van der Waals surface area contributed by atoms with E-state index < -0.39 is 0 Å². The van der Waals surface area contributed by atoms with Crippen LogP contribution in [0, 0.1) is 0 Å². The molecule has 0 fully saturated rings. The molecule has 0 aliphatic carbocycles. The number of nitrogens with one attached hydrogen (secondary N) is 1. The van der Waals surface area contributed by atoms with Gasteiger partial charge in [-0.2, -0.15) is 0 Å². The summed E-state index contributed by atoms with van der Waals surface area (Å²) in [6.07, 6.45) is 4.01. The molecular weight excluding hydrogens is 384 g/mol. The first kappa shape index (κ1) is 19.3. The van der Waals surface area contributed by atoms with Crippen LogP contribution in [0.15, 0.2) is 83.8 Å². The van der Waals surface area contributed by atoms with Crippen molar-refractivity contribution in [1.82, 2.24) is 14.5 Å². The molecule has 0 aliphatic rings. The van der Waals surface area contributed by atoms with Gasteiger partial charge in [-0.3, -0.25) is 4.79 Å². The molecule has 0 atom stereocenters. The highest BCUT2D eigenvalue weighted by Crippen LogP contribution is 2.31. The van der Waals surface area contributed by atoms with E-state index in [1.807, 2.05) is 48.5 Å². The number of aryl methyl sites for hydroxylation is 1. The lowest BCUT2D eigenvalue weighted by Crippen LogP contribution is -2.11. The van der Waals surface area contributed by atoms with Gasteiger partial charge in [-0.05, 0) is 37.1 Å². The summed E-state index contributed by atoms with van der Waals surface area (Å²) < 4.78 is 2.20. The smallest absolute Gasteiger partial charge is 0.275 e. The normalized spacial score (nSPS) is 11.4. The number of unbranched alkanes of at least 4 members (excludes halogenated alkanes) is 1. The lowest BCUT2D eigenvalue weighted by Gasteiger charge is -2.08. The number of aromatic amines is 1. The molecule has 5 nitrogen and oxygen atoms in total. The molecule has 31 heavy (non-hydrogen) atoms. The van der Waals surface area contributed by atoms with E-state index in [1.165, 1.54) is 0 Å². The van der Waals surface area contributed by atoms with E-state index in [0.717, 1.165) is 58.0 Å². The van der Waals surface area contributed by atoms with Crippen LogP contribution in [0.2, 0.25) is 0 Å². The molecule has 0 aliphatic heterocycles. The van der Waals surface area contributed by atoms with Gasteiger partial charge in [0.2, 0.25) is 0 Å². The second kappa shape index (κ2) is 8.20. The second-order valence-corrected chi connectivity index (χ2v) is 7.73. The number of nitrogens with two attached hydrogens (primary N) is 1. The van der Waals surface area contributed by atoms with Gasteiger partial charge in [0.25, 0.3) is 5.56 Å². The minimum absolute atomic E-state index is 0.178. The molecular formula is C26H24N4O. The Morgan fingerprint density at radius 2 is 1.68 bits per heavy atom. The van der Waals surface area contributed by atoms with Crippen LogP contribution >= 0.6 is 0 Å². The minimum atomic E-state index is -0.178. The van der Waals surface area contributed by atoms with Crippen molar-refractivity contribution in [3.8, 4) is 22.4 Å². The highest BCUT2D eigenvalue weighted by molar-refractivity contribution is 5.97. The topological polar surface area (TPSA) is 76.7 Å². The van der Waals surface area contributed by atoms with Crippen LogP contribution in [-0.4, -0.2) is 21.1 Å². The van der Waals surface area contributed by atoms with Gasteiger partial charge in [0.05, 0.1) is 11.0 Å². The zero-order valence-corrected chi connectivity index (χ0v) is 17.2. The number of benzene rings is 3. The largest absolute Gasteiger partial charge is 0.347 e. The third-order valence-corrected chi connectivity index (χ3v) is 5.70. The molecule has 154 valence electrons. The first-order chi connectivity index (χ1) is 15.3. The molecule has 0 saturated carbocycles. The Kier molecular flexibility index (Phi) is 5.10. The lowest BCUT2D eigenvalue weighted by atomic mass is 10.0. The van der Waals surface area contributed by atoms with E-state index in [1.54, 1.807) is 0 Å². The molecule has 0 bridgehead atoms. The van der Waals surface area contributed by atoms with Gasteiger partial charge in [0.15, 0.2) is 0 Å². The number of para-hydroxylation sites is 2. The van der Waals surface area contributed by atoms with Gasteiger partial charge in [0.1, 0.15) is 5.69 Å². The van der Waals surface area contributed by atoms with Gasteiger partial charge >= 0.3 is 0 Å². The lowest BCUT2D eigenvalue weighted by molar-refractivity contribution is 0.631. The maximum absolute atomic E-state index is 13.1. The van der Waals surface area contributed by atoms with E-state index in [4.69, 9.17) is 10.7 Å². The second-order valence-electron chi connectivity index (χ2n) is 7.73. The molecule has 0 spiro atoms. The molecule has 3 aromatic carbocycles. The van der Waals surface area contributed by atoms with Gasteiger partial charge < -0.3 is 15.3 Å². The van der Waals surface area contributed by atoms with Gasteiger partial charge in [-0.1, -0.05) is 60.7 Å². The van der Waals surface area contributed by atoms with E-state index in [-0.39, 0.29) is 5.56 Å². The van der Waals surface area contributed by atoms with Crippen LogP contribution in [0.25, 0.3) is 44.3 Å². The maximum Gasteiger partial charge on any atom is 0.275 e. The van der Waals surface area contributed by atoms with Crippen molar-refractivity contribution in [2.45, 2.75) is 19.4 Å². The van der Waals surface area contributed by atoms with Crippen molar-refractivity contribution >= 4 is 21.9 Å². The molecule has 2 heterocycles. The molecule has 5 heteroatoms. The Hall–Kier alpha value is -3.70. The summed E-state index contributed by atoms with van der Waals surface area (Å²) in [5.74, 6) is 0. The fraction of sp³-hybridized carbons (Fsp3) is 0.154. The third-order valence-electron chi connectivity index (χ3n) is 5.70. The van der Waals surface area contributed by atoms with Gasteiger partial charge in [-0.15, -0.1) is 0 Å². The van der Waals surface area contributed by atoms with E-state index >= 15 is 0 Å². The summed E-state index contributed by atoms with van der Waals surface area (Å²) in [4.78, 5) is 21.0. The number of hydrogen-bond acceptors (Lipinski definition) is 3. The minimum Gasteiger partial charge on any atom is -0.347 e. The summed E-state index contributed by atoms with van der Waals surface area (Å²) in [6, 6.07) is 24.2. The van der Waals surface area contributed by atoms with Gasteiger partial charge in [0, 0.05) is 34.8 Å². The summed E-state index contributed by atoms with van der Waals surface area (Å²) in [6.45, 7) is 1.54. The fourth-order valence-corrected chi connectivity index (χ4v) is 4.19. The standard InChI is InChI=1S/C26H24N4O/c27-15-6-7-16-30-17-21(20-11-4-5-14-23(20)30)25-26(31)28-22-13-8-12-19(24(22)29-25)18-9-2-1-3-10-18/h1-5,8-14,17H,6-7,15-16,27H2,(H,28,31). The quantitative estimate of drug-likeness (QED) is 0.390. The van der Waals surface area contributed by atoms with E-state index in [2.05, 4.69) is 40.0 Å². The number of rotatable bonds is 6. The fourth-order valence-electron chi connectivity index (χ4n) is 4.19. The summed E-state index contributed by atoms with van der Waals surface area (Å²) in [7, 11) is 0. The molecule has 2 aromatic heterocycles. The molecule has 3 N–H and O–H groups in total. The van der Waals surface area contributed by atoms with E-state index in [0.29, 0.717) is 12.2 Å². The molecule has 0 amide bonds. The first-order valence-corrected chi connectivity index (χ1v) is 10.6. The van der Waals surface area contributed by atoms with Crippen molar-refractivity contribution in [2.75, 3.05) is 6.54 Å². The molecule has 0 unspecified atom stereocenters. The molecule has 5 aromatic rings. The first-order valence-electron chi connectivity index (χ1n) is 10.6. The van der Waals surface area contributed by atoms with Crippen LogP contribution in [0.4, 0.5) is 0 Å². The van der Waals surface area contributed by atoms with Crippen LogP contribution in [0.3, 0.4) is 0 Å². The van der Waals surface area contributed by atoms with Crippen LogP contribution < -0.4 is 11.3 Å². The summed E-state index contributed by atoms with van der Waals surface area (Å²) in [5.41, 5.74) is 11.5. The van der Waals surface area contributed by atoms with Crippen molar-refractivity contribution in [2.24, 2.45) is 5.73 Å². The third kappa shape index (κ3) is 3.53. The zero-order valence-electron chi connectivity index (χ0n) is 17.2. The number of hydrogen-bond donors (Lipinski definition) is 2. The molecule has 5 rings (SSSR count). The van der Waals surface area contributed by atoms with Crippen LogP contribution in [0.1, 0.15) is 12.8 Å². The number of H-pyrrole nitrogens is 1. The molecule has 0 radical (unpaired) electrons. The van der Waals surface area contributed by atoms with Crippen LogP contribution in [0.5, 0.6) is 0 Å². The van der Waals surface area contributed by atoms with E-state index in [9.17, 15) is 4.79 Å². The number of fused-ring (bicyclic) bond motifs is 2. The Morgan fingerprint density at radius 1 is 0.871 bits per heavy atom. The predicted octanol–water partition coefficient (Wildman–Crippen LogP) is 4.95. The Bertz CT molecular complexity index is 1420. The highest BCUT2D eigenvalue weighted by atomic mass is 16.1. The Labute approximate surface area is 180 Å². The van der Waals surface area contributed by atoms with Crippen molar-refractivity contribution in [1.29, 1.82) is 0 Å². The molecule has 0 saturated heterocycles. The maximum atomic E-state index is 13.1. The van der Waals surface area contributed by atoms with Crippen molar-refractivity contribution < 1.29 is 0 Å². The van der Waals surface area contributed by atoms with Gasteiger partial charge in [-0.25, -0.2) is 4.98 Å². The summed E-state index contributed by atoms with van der Waals surface area (Å²) in [5, 5.41) is 1.03. The number of aromatic nitrogens is 3. The van der Waals surface area contributed by atoms with Crippen molar-refractivity contribution in [3.63, 3.8) is 0 Å². The van der Waals surface area contributed by atoms with Crippen LogP contribution in [-0.2, 0) is 6.54 Å². The average Bonchev–Trinajstić information content (AvgIpc) is 3.17. The monoisotopic (exact) mass is 408 g/mol. The Morgan fingerprint density at radius 3 is 2.52 bits per heavy atom. The Balaban J connectivity index is 1.71. The SMILES string of the molecule is NCCCCn1cc(-c2nc3c(-c4ccccc4)cccc3[nH]c2=O)c2ccccc21. The zero-order chi connectivity index (χ0) is 21.2.